The van der Waals surface area contributed by atoms with Crippen molar-refractivity contribution >= 4 is 28.6 Å². The van der Waals surface area contributed by atoms with Crippen molar-refractivity contribution in [2.24, 2.45) is 0 Å². The number of pyridine rings is 1. The molecule has 2 aromatic rings. The van der Waals surface area contributed by atoms with Crippen LogP contribution in [0.25, 0.3) is 10.6 Å². The first-order valence-corrected chi connectivity index (χ1v) is 5.71. The van der Waals surface area contributed by atoms with Crippen molar-refractivity contribution in [1.29, 1.82) is 0 Å². The van der Waals surface area contributed by atoms with Crippen LogP contribution in [-0.4, -0.2) is 9.91 Å². The number of aromatic nitrogens is 1. The van der Waals surface area contributed by atoms with Crippen molar-refractivity contribution in [2.45, 2.75) is 6.92 Å². The Labute approximate surface area is 101 Å². The summed E-state index contributed by atoms with van der Waals surface area (Å²) in [5, 5.41) is 13.0. The average molecular weight is 255 g/mol. The van der Waals surface area contributed by atoms with Crippen LogP contribution in [0.1, 0.15) is 5.56 Å². The van der Waals surface area contributed by atoms with Gasteiger partial charge in [0.1, 0.15) is 5.15 Å². The lowest BCUT2D eigenvalue weighted by molar-refractivity contribution is -0.384. The van der Waals surface area contributed by atoms with E-state index in [-0.39, 0.29) is 10.8 Å². The van der Waals surface area contributed by atoms with Gasteiger partial charge in [0.05, 0.1) is 9.80 Å². The van der Waals surface area contributed by atoms with Gasteiger partial charge in [-0.1, -0.05) is 11.6 Å². The summed E-state index contributed by atoms with van der Waals surface area (Å²) in [7, 11) is 0. The summed E-state index contributed by atoms with van der Waals surface area (Å²) in [5.41, 5.74) is 1.28. The monoisotopic (exact) mass is 254 g/mol. The van der Waals surface area contributed by atoms with Gasteiger partial charge in [-0.05, 0) is 30.0 Å². The zero-order chi connectivity index (χ0) is 11.7. The van der Waals surface area contributed by atoms with Crippen molar-refractivity contribution in [2.75, 3.05) is 0 Å². The number of aryl methyl sites for hydroxylation is 1. The standard InChI is InChI=1S/C10H7ClN2O2S/c1-6-4-5-16-10(6)9-7(13(14)15)2-3-8(11)12-9/h2-5H,1H3. The second-order valence-electron chi connectivity index (χ2n) is 3.19. The molecular formula is C10H7ClN2O2S. The van der Waals surface area contributed by atoms with E-state index < -0.39 is 4.92 Å². The fourth-order valence-electron chi connectivity index (χ4n) is 1.36. The number of rotatable bonds is 2. The van der Waals surface area contributed by atoms with Gasteiger partial charge in [-0.25, -0.2) is 4.98 Å². The van der Waals surface area contributed by atoms with Crippen molar-refractivity contribution in [3.05, 3.63) is 44.4 Å². The average Bonchev–Trinajstić information content (AvgIpc) is 2.63. The minimum absolute atomic E-state index is 0.0186. The maximum absolute atomic E-state index is 10.9. The van der Waals surface area contributed by atoms with Crippen molar-refractivity contribution in [1.82, 2.24) is 4.98 Å². The third kappa shape index (κ3) is 1.91. The predicted molar refractivity (Wildman–Crippen MR) is 64.0 cm³/mol. The minimum atomic E-state index is -0.447. The third-order valence-electron chi connectivity index (χ3n) is 2.11. The highest BCUT2D eigenvalue weighted by Crippen LogP contribution is 2.34. The van der Waals surface area contributed by atoms with Gasteiger partial charge < -0.3 is 0 Å². The maximum atomic E-state index is 10.9. The van der Waals surface area contributed by atoms with Gasteiger partial charge in [-0.3, -0.25) is 10.1 Å². The van der Waals surface area contributed by atoms with Crippen molar-refractivity contribution < 1.29 is 4.92 Å². The van der Waals surface area contributed by atoms with Crippen LogP contribution in [0, 0.1) is 17.0 Å². The SMILES string of the molecule is Cc1ccsc1-c1nc(Cl)ccc1[N+](=O)[O-]. The van der Waals surface area contributed by atoms with Crippen LogP contribution in [0.15, 0.2) is 23.6 Å². The zero-order valence-corrected chi connectivity index (χ0v) is 9.88. The van der Waals surface area contributed by atoms with Crippen LogP contribution in [0.4, 0.5) is 5.69 Å². The van der Waals surface area contributed by atoms with Gasteiger partial charge in [-0.2, -0.15) is 0 Å². The Kier molecular flexibility index (Phi) is 2.89. The van der Waals surface area contributed by atoms with Gasteiger partial charge in [0.15, 0.2) is 5.69 Å². The third-order valence-corrected chi connectivity index (χ3v) is 3.35. The van der Waals surface area contributed by atoms with E-state index in [9.17, 15) is 10.1 Å². The van der Waals surface area contributed by atoms with E-state index in [1.54, 1.807) is 0 Å². The van der Waals surface area contributed by atoms with Crippen LogP contribution in [0.5, 0.6) is 0 Å². The number of halogens is 1. The highest BCUT2D eigenvalue weighted by Gasteiger charge is 2.19. The van der Waals surface area contributed by atoms with E-state index in [0.717, 1.165) is 10.4 Å². The van der Waals surface area contributed by atoms with Crippen molar-refractivity contribution in [3.8, 4) is 10.6 Å². The number of thiophene rings is 1. The van der Waals surface area contributed by atoms with Gasteiger partial charge in [-0.15, -0.1) is 11.3 Å². The van der Waals surface area contributed by atoms with Crippen LogP contribution in [0.2, 0.25) is 5.15 Å². The molecule has 2 rings (SSSR count). The van der Waals surface area contributed by atoms with Crippen LogP contribution in [-0.2, 0) is 0 Å². The molecule has 16 heavy (non-hydrogen) atoms. The molecule has 0 radical (unpaired) electrons. The van der Waals surface area contributed by atoms with Crippen LogP contribution in [0.3, 0.4) is 0 Å². The Bertz CT molecular complexity index is 554. The highest BCUT2D eigenvalue weighted by atomic mass is 35.5. The summed E-state index contributed by atoms with van der Waals surface area (Å²) in [6, 6.07) is 4.70. The van der Waals surface area contributed by atoms with Gasteiger partial charge in [0.25, 0.3) is 5.69 Å². The molecule has 2 heterocycles. The van der Waals surface area contributed by atoms with E-state index in [1.807, 2.05) is 18.4 Å². The van der Waals surface area contributed by atoms with Crippen LogP contribution < -0.4 is 0 Å². The number of hydrogen-bond donors (Lipinski definition) is 0. The molecule has 0 aliphatic carbocycles. The van der Waals surface area contributed by atoms with Crippen LogP contribution >= 0.6 is 22.9 Å². The molecule has 2 aromatic heterocycles. The van der Waals surface area contributed by atoms with Gasteiger partial charge in [0.2, 0.25) is 0 Å². The Morgan fingerprint density at radius 3 is 2.75 bits per heavy atom. The molecule has 0 saturated heterocycles. The molecule has 0 bridgehead atoms. The fraction of sp³-hybridized carbons (Fsp3) is 0.100. The molecule has 0 aliphatic heterocycles. The van der Waals surface area contributed by atoms with E-state index in [4.69, 9.17) is 11.6 Å². The lowest BCUT2D eigenvalue weighted by atomic mass is 10.2. The summed E-state index contributed by atoms with van der Waals surface area (Å²) >= 11 is 7.18. The summed E-state index contributed by atoms with van der Waals surface area (Å²) in [6.07, 6.45) is 0. The Hall–Kier alpha value is -1.46. The first-order valence-electron chi connectivity index (χ1n) is 4.45. The number of hydrogen-bond acceptors (Lipinski definition) is 4. The molecular weight excluding hydrogens is 248 g/mol. The van der Waals surface area contributed by atoms with Gasteiger partial charge >= 0.3 is 0 Å². The summed E-state index contributed by atoms with van der Waals surface area (Å²) in [5.74, 6) is 0. The quantitative estimate of drug-likeness (QED) is 0.467. The molecule has 0 unspecified atom stereocenters. The number of nitro groups is 1. The number of nitrogens with zero attached hydrogens (tertiary/aromatic N) is 2. The molecule has 0 fully saturated rings. The zero-order valence-electron chi connectivity index (χ0n) is 8.31. The summed E-state index contributed by atoms with van der Waals surface area (Å²) in [4.78, 5) is 15.2. The normalized spacial score (nSPS) is 10.4. The minimum Gasteiger partial charge on any atom is -0.258 e. The Morgan fingerprint density at radius 1 is 1.44 bits per heavy atom. The molecule has 0 N–H and O–H groups in total. The van der Waals surface area contributed by atoms with E-state index in [1.165, 1.54) is 23.5 Å². The first kappa shape index (κ1) is 11.0. The predicted octanol–water partition coefficient (Wildman–Crippen LogP) is 3.68. The maximum Gasteiger partial charge on any atom is 0.296 e. The largest absolute Gasteiger partial charge is 0.296 e. The lowest BCUT2D eigenvalue weighted by Crippen LogP contribution is -1.94. The molecule has 0 saturated carbocycles. The second kappa shape index (κ2) is 4.19. The first-order chi connectivity index (χ1) is 7.59. The molecule has 0 aromatic carbocycles. The van der Waals surface area contributed by atoms with Crippen molar-refractivity contribution in [3.63, 3.8) is 0 Å². The molecule has 6 heteroatoms. The smallest absolute Gasteiger partial charge is 0.258 e. The second-order valence-corrected chi connectivity index (χ2v) is 4.49. The Balaban J connectivity index is 2.67. The Morgan fingerprint density at radius 2 is 2.19 bits per heavy atom. The summed E-state index contributed by atoms with van der Waals surface area (Å²) < 4.78 is 0. The lowest BCUT2D eigenvalue weighted by Gasteiger charge is -2.01. The molecule has 0 amide bonds. The summed E-state index contributed by atoms with van der Waals surface area (Å²) in [6.45, 7) is 1.89. The molecule has 0 atom stereocenters. The van der Waals surface area contributed by atoms with E-state index in [0.29, 0.717) is 5.69 Å². The topological polar surface area (TPSA) is 56.0 Å². The van der Waals surface area contributed by atoms with Gasteiger partial charge in [0, 0.05) is 6.07 Å². The van der Waals surface area contributed by atoms with E-state index >= 15 is 0 Å². The molecule has 4 nitrogen and oxygen atoms in total. The molecule has 0 aliphatic rings. The molecule has 0 spiro atoms. The molecule has 82 valence electrons. The highest BCUT2D eigenvalue weighted by molar-refractivity contribution is 7.13. The van der Waals surface area contributed by atoms with E-state index in [2.05, 4.69) is 4.98 Å². The fourth-order valence-corrected chi connectivity index (χ4v) is 2.43.